The van der Waals surface area contributed by atoms with Crippen LogP contribution < -0.4 is 0 Å². The van der Waals surface area contributed by atoms with Gasteiger partial charge in [0.1, 0.15) is 0 Å². The lowest BCUT2D eigenvalue weighted by atomic mass is 10.2. The standard InChI is InChI=1S/C15H17N/c1-2-3-4-5-6-10-14-12-13-9-7-8-11-15(13)16-14/h7-9,11-12,16H,2-5H2,1H3. The number of hydrogen-bond acceptors (Lipinski definition) is 0. The summed E-state index contributed by atoms with van der Waals surface area (Å²) in [5.74, 6) is 6.40. The van der Waals surface area contributed by atoms with E-state index in [4.69, 9.17) is 0 Å². The number of nitrogens with one attached hydrogen (secondary N) is 1. The molecular formula is C15H17N. The van der Waals surface area contributed by atoms with Gasteiger partial charge in [-0.15, -0.1) is 0 Å². The monoisotopic (exact) mass is 211 g/mol. The maximum absolute atomic E-state index is 3.31. The highest BCUT2D eigenvalue weighted by atomic mass is 14.7. The molecule has 0 amide bonds. The normalized spacial score (nSPS) is 10.1. The Morgan fingerprint density at radius 1 is 1.19 bits per heavy atom. The van der Waals surface area contributed by atoms with Crippen LogP contribution in [-0.4, -0.2) is 4.98 Å². The molecule has 1 heterocycles. The lowest BCUT2D eigenvalue weighted by Gasteiger charge is -1.88. The number of unbranched alkanes of at least 4 members (excludes halogenated alkanes) is 3. The van der Waals surface area contributed by atoms with Crippen molar-refractivity contribution in [1.82, 2.24) is 4.98 Å². The van der Waals surface area contributed by atoms with Crippen molar-refractivity contribution in [2.75, 3.05) is 0 Å². The molecule has 1 aromatic carbocycles. The van der Waals surface area contributed by atoms with E-state index in [0.717, 1.165) is 12.1 Å². The van der Waals surface area contributed by atoms with Crippen molar-refractivity contribution in [3.8, 4) is 11.8 Å². The minimum Gasteiger partial charge on any atom is -0.348 e. The van der Waals surface area contributed by atoms with Crippen molar-refractivity contribution >= 4 is 10.9 Å². The van der Waals surface area contributed by atoms with Crippen LogP contribution in [0.3, 0.4) is 0 Å². The summed E-state index contributed by atoms with van der Waals surface area (Å²) in [6.45, 7) is 2.21. The lowest BCUT2D eigenvalue weighted by molar-refractivity contribution is 0.737. The molecule has 1 nitrogen and oxygen atoms in total. The molecule has 2 aromatic rings. The summed E-state index contributed by atoms with van der Waals surface area (Å²) in [6, 6.07) is 10.4. The van der Waals surface area contributed by atoms with Gasteiger partial charge in [0, 0.05) is 17.3 Å². The Hall–Kier alpha value is -1.68. The predicted octanol–water partition coefficient (Wildman–Crippen LogP) is 4.10. The molecule has 0 atom stereocenters. The molecule has 0 aliphatic heterocycles. The third-order valence-electron chi connectivity index (χ3n) is 2.66. The van der Waals surface area contributed by atoms with E-state index in [9.17, 15) is 0 Å². The van der Waals surface area contributed by atoms with Crippen LogP contribution in [0.2, 0.25) is 0 Å². The van der Waals surface area contributed by atoms with E-state index in [-0.39, 0.29) is 0 Å². The van der Waals surface area contributed by atoms with Crippen LogP contribution in [0.1, 0.15) is 38.3 Å². The first-order valence-electron chi connectivity index (χ1n) is 5.97. The maximum Gasteiger partial charge on any atom is 0.0904 e. The largest absolute Gasteiger partial charge is 0.348 e. The smallest absolute Gasteiger partial charge is 0.0904 e. The second kappa shape index (κ2) is 5.42. The topological polar surface area (TPSA) is 15.8 Å². The van der Waals surface area contributed by atoms with Gasteiger partial charge in [0.05, 0.1) is 5.69 Å². The third-order valence-corrected chi connectivity index (χ3v) is 2.66. The maximum atomic E-state index is 3.31. The highest BCUT2D eigenvalue weighted by Crippen LogP contribution is 2.13. The van der Waals surface area contributed by atoms with Crippen molar-refractivity contribution < 1.29 is 0 Å². The SMILES string of the molecule is CCCCCC#Cc1cc2ccccc2[nH]1. The molecule has 0 unspecified atom stereocenters. The number of para-hydroxylation sites is 1. The Balaban J connectivity index is 2.04. The molecule has 0 spiro atoms. The van der Waals surface area contributed by atoms with E-state index < -0.39 is 0 Å². The summed E-state index contributed by atoms with van der Waals surface area (Å²) in [6.07, 6.45) is 4.75. The zero-order chi connectivity index (χ0) is 11.2. The zero-order valence-corrected chi connectivity index (χ0v) is 9.72. The van der Waals surface area contributed by atoms with Gasteiger partial charge < -0.3 is 4.98 Å². The molecule has 2 rings (SSSR count). The molecule has 0 fully saturated rings. The fourth-order valence-corrected chi connectivity index (χ4v) is 1.76. The third kappa shape index (κ3) is 2.67. The van der Waals surface area contributed by atoms with E-state index in [2.05, 4.69) is 48.0 Å². The van der Waals surface area contributed by atoms with Crippen LogP contribution in [0.25, 0.3) is 10.9 Å². The van der Waals surface area contributed by atoms with Gasteiger partial charge in [0.25, 0.3) is 0 Å². The summed E-state index contributed by atoms with van der Waals surface area (Å²) in [7, 11) is 0. The quantitative estimate of drug-likeness (QED) is 0.581. The van der Waals surface area contributed by atoms with Crippen LogP contribution in [-0.2, 0) is 0 Å². The van der Waals surface area contributed by atoms with E-state index in [1.807, 2.05) is 6.07 Å². The van der Waals surface area contributed by atoms with Crippen LogP contribution >= 0.6 is 0 Å². The average Bonchev–Trinajstić information content (AvgIpc) is 2.71. The number of fused-ring (bicyclic) bond motifs is 1. The van der Waals surface area contributed by atoms with Gasteiger partial charge in [-0.05, 0) is 24.5 Å². The van der Waals surface area contributed by atoms with Crippen LogP contribution in [0, 0.1) is 11.8 Å². The molecular weight excluding hydrogens is 194 g/mol. The van der Waals surface area contributed by atoms with E-state index in [1.54, 1.807) is 0 Å². The molecule has 0 bridgehead atoms. The molecule has 0 saturated carbocycles. The molecule has 0 aliphatic rings. The van der Waals surface area contributed by atoms with Crippen molar-refractivity contribution in [1.29, 1.82) is 0 Å². The number of rotatable bonds is 3. The molecule has 0 saturated heterocycles. The van der Waals surface area contributed by atoms with Gasteiger partial charge in [0.2, 0.25) is 0 Å². The number of H-pyrrole nitrogens is 1. The van der Waals surface area contributed by atoms with Crippen LogP contribution in [0.4, 0.5) is 0 Å². The Bertz CT molecular complexity index is 478. The average molecular weight is 211 g/mol. The molecule has 0 aliphatic carbocycles. The van der Waals surface area contributed by atoms with Gasteiger partial charge >= 0.3 is 0 Å². The predicted molar refractivity (Wildman–Crippen MR) is 69.3 cm³/mol. The summed E-state index contributed by atoms with van der Waals surface area (Å²) < 4.78 is 0. The number of benzene rings is 1. The molecule has 16 heavy (non-hydrogen) atoms. The Morgan fingerprint density at radius 3 is 2.88 bits per heavy atom. The van der Waals surface area contributed by atoms with Crippen molar-refractivity contribution in [2.45, 2.75) is 32.6 Å². The van der Waals surface area contributed by atoms with Crippen molar-refractivity contribution in [3.63, 3.8) is 0 Å². The Morgan fingerprint density at radius 2 is 2.06 bits per heavy atom. The minimum absolute atomic E-state index is 1.00. The van der Waals surface area contributed by atoms with Gasteiger partial charge in [-0.25, -0.2) is 0 Å². The summed E-state index contributed by atoms with van der Waals surface area (Å²) in [5.41, 5.74) is 2.19. The summed E-state index contributed by atoms with van der Waals surface area (Å²) >= 11 is 0. The minimum atomic E-state index is 1.00. The van der Waals surface area contributed by atoms with Crippen LogP contribution in [0.15, 0.2) is 30.3 Å². The van der Waals surface area contributed by atoms with E-state index >= 15 is 0 Å². The molecule has 82 valence electrons. The highest BCUT2D eigenvalue weighted by Gasteiger charge is 1.95. The van der Waals surface area contributed by atoms with Gasteiger partial charge in [-0.3, -0.25) is 0 Å². The summed E-state index contributed by atoms with van der Waals surface area (Å²) in [5, 5.41) is 1.24. The second-order valence-electron chi connectivity index (χ2n) is 4.03. The van der Waals surface area contributed by atoms with E-state index in [0.29, 0.717) is 0 Å². The number of aromatic amines is 1. The Labute approximate surface area is 96.9 Å². The highest BCUT2D eigenvalue weighted by molar-refractivity contribution is 5.81. The van der Waals surface area contributed by atoms with Crippen LogP contribution in [0.5, 0.6) is 0 Å². The Kier molecular flexibility index (Phi) is 3.66. The van der Waals surface area contributed by atoms with Gasteiger partial charge in [0.15, 0.2) is 0 Å². The molecule has 1 N–H and O–H groups in total. The summed E-state index contributed by atoms with van der Waals surface area (Å²) in [4.78, 5) is 3.31. The molecule has 0 radical (unpaired) electrons. The lowest BCUT2D eigenvalue weighted by Crippen LogP contribution is -1.73. The first-order chi connectivity index (χ1) is 7.90. The van der Waals surface area contributed by atoms with E-state index in [1.165, 1.54) is 30.2 Å². The van der Waals surface area contributed by atoms with Crippen molar-refractivity contribution in [3.05, 3.63) is 36.0 Å². The fourth-order valence-electron chi connectivity index (χ4n) is 1.76. The second-order valence-corrected chi connectivity index (χ2v) is 4.03. The van der Waals surface area contributed by atoms with Gasteiger partial charge in [-0.2, -0.15) is 0 Å². The number of hydrogen-bond donors (Lipinski definition) is 1. The first kappa shape index (κ1) is 10.8. The van der Waals surface area contributed by atoms with Crippen molar-refractivity contribution in [2.24, 2.45) is 0 Å². The first-order valence-corrected chi connectivity index (χ1v) is 5.97. The van der Waals surface area contributed by atoms with Gasteiger partial charge in [-0.1, -0.05) is 43.9 Å². The molecule has 1 aromatic heterocycles. The fraction of sp³-hybridized carbons (Fsp3) is 0.333. The number of aromatic nitrogens is 1. The molecule has 1 heteroatoms. The zero-order valence-electron chi connectivity index (χ0n) is 9.72.